The van der Waals surface area contributed by atoms with Crippen LogP contribution in [0, 0.1) is 0 Å². The van der Waals surface area contributed by atoms with E-state index in [9.17, 15) is 4.79 Å². The summed E-state index contributed by atoms with van der Waals surface area (Å²) in [6.45, 7) is 1.89. The summed E-state index contributed by atoms with van der Waals surface area (Å²) in [5, 5.41) is 4.00. The van der Waals surface area contributed by atoms with E-state index in [-0.39, 0.29) is 5.56 Å². The third kappa shape index (κ3) is 2.96. The fraction of sp³-hybridized carbons (Fsp3) is 0.100. The highest BCUT2D eigenvalue weighted by molar-refractivity contribution is 6.35. The number of fused-ring (bicyclic) bond motifs is 2. The van der Waals surface area contributed by atoms with E-state index in [0.29, 0.717) is 44.4 Å². The molecule has 0 aliphatic carbocycles. The molecule has 0 aliphatic heterocycles. The van der Waals surface area contributed by atoms with Gasteiger partial charge in [0.15, 0.2) is 11.5 Å². The number of nitrogens with one attached hydrogen (secondary N) is 2. The number of benzene rings is 1. The van der Waals surface area contributed by atoms with Crippen LogP contribution in [0.1, 0.15) is 18.8 Å². The van der Waals surface area contributed by atoms with Gasteiger partial charge in [-0.3, -0.25) is 14.3 Å². The van der Waals surface area contributed by atoms with Crippen molar-refractivity contribution < 1.29 is 0 Å². The van der Waals surface area contributed by atoms with Crippen molar-refractivity contribution in [2.24, 2.45) is 0 Å². The molecule has 0 bridgehead atoms. The van der Waals surface area contributed by atoms with Crippen LogP contribution in [0.5, 0.6) is 0 Å². The zero-order valence-corrected chi connectivity index (χ0v) is 16.5. The summed E-state index contributed by atoms with van der Waals surface area (Å²) >= 11 is 6.32. The van der Waals surface area contributed by atoms with Gasteiger partial charge in [0.05, 0.1) is 40.2 Å². The molecule has 0 radical (unpaired) electrons. The Kier molecular flexibility index (Phi) is 4.36. The highest BCUT2D eigenvalue weighted by Crippen LogP contribution is 2.25. The van der Waals surface area contributed by atoms with Crippen molar-refractivity contribution in [3.63, 3.8) is 0 Å². The van der Waals surface area contributed by atoms with Crippen LogP contribution in [0.2, 0.25) is 5.02 Å². The lowest BCUT2D eigenvalue weighted by atomic mass is 10.2. The van der Waals surface area contributed by atoms with Crippen LogP contribution in [-0.4, -0.2) is 34.5 Å². The SMILES string of the molecule is C[C@H](Nc1ncnc2[nH]cnc12)c1nc2cccc(Cl)c2c(=O)n1-c1cccnc1. The molecule has 1 atom stereocenters. The maximum atomic E-state index is 13.4. The molecule has 0 saturated carbocycles. The monoisotopic (exact) mass is 418 g/mol. The van der Waals surface area contributed by atoms with E-state index in [1.54, 1.807) is 49.1 Å². The standard InChI is InChI=1S/C20H15ClN8O/c1-11(27-18-16-17(24-9-23-16)25-10-26-18)19-28-14-6-2-5-13(21)15(14)20(30)29(19)12-4-3-7-22-8-12/h2-11H,1H3,(H2,23,24,25,26,27)/t11-/m0/s1. The number of anilines is 1. The van der Waals surface area contributed by atoms with Crippen molar-refractivity contribution in [1.29, 1.82) is 0 Å². The molecular weight excluding hydrogens is 404 g/mol. The van der Waals surface area contributed by atoms with E-state index >= 15 is 0 Å². The van der Waals surface area contributed by atoms with Crippen molar-refractivity contribution >= 4 is 39.5 Å². The molecule has 1 aromatic carbocycles. The van der Waals surface area contributed by atoms with E-state index in [1.807, 2.05) is 6.92 Å². The van der Waals surface area contributed by atoms with Gasteiger partial charge in [-0.05, 0) is 31.2 Å². The molecule has 5 rings (SSSR count). The number of pyridine rings is 1. The number of aromatic amines is 1. The quantitative estimate of drug-likeness (QED) is 0.460. The fourth-order valence-corrected chi connectivity index (χ4v) is 3.62. The Balaban J connectivity index is 1.71. The fourth-order valence-electron chi connectivity index (χ4n) is 3.37. The zero-order valence-electron chi connectivity index (χ0n) is 15.7. The molecule has 0 aliphatic rings. The van der Waals surface area contributed by atoms with Crippen LogP contribution < -0.4 is 10.9 Å². The molecule has 0 fully saturated rings. The highest BCUT2D eigenvalue weighted by Gasteiger charge is 2.20. The average molecular weight is 419 g/mol. The lowest BCUT2D eigenvalue weighted by Gasteiger charge is -2.20. The number of aromatic nitrogens is 7. The first-order valence-corrected chi connectivity index (χ1v) is 9.53. The molecule has 5 aromatic rings. The molecule has 148 valence electrons. The second-order valence-corrected chi connectivity index (χ2v) is 7.05. The van der Waals surface area contributed by atoms with Gasteiger partial charge in [-0.1, -0.05) is 17.7 Å². The lowest BCUT2D eigenvalue weighted by Crippen LogP contribution is -2.27. The Labute approximate surface area is 174 Å². The Morgan fingerprint density at radius 1 is 1.17 bits per heavy atom. The Hall–Kier alpha value is -3.85. The second kappa shape index (κ2) is 7.20. The first-order valence-electron chi connectivity index (χ1n) is 9.15. The van der Waals surface area contributed by atoms with Crippen molar-refractivity contribution in [1.82, 2.24) is 34.5 Å². The largest absolute Gasteiger partial charge is 0.358 e. The number of nitrogens with zero attached hydrogens (tertiary/aromatic N) is 6. The van der Waals surface area contributed by atoms with E-state index in [1.165, 1.54) is 10.9 Å². The predicted octanol–water partition coefficient (Wildman–Crippen LogP) is 3.27. The molecule has 10 heteroatoms. The van der Waals surface area contributed by atoms with E-state index < -0.39 is 6.04 Å². The molecule has 0 spiro atoms. The molecule has 4 aromatic heterocycles. The topological polar surface area (TPSA) is 114 Å². The van der Waals surface area contributed by atoms with Crippen molar-refractivity contribution in [2.75, 3.05) is 5.32 Å². The molecular formula is C20H15ClN8O. The minimum Gasteiger partial charge on any atom is -0.358 e. The van der Waals surface area contributed by atoms with Gasteiger partial charge in [0.1, 0.15) is 17.7 Å². The summed E-state index contributed by atoms with van der Waals surface area (Å²) in [4.78, 5) is 38.0. The van der Waals surface area contributed by atoms with Gasteiger partial charge in [0.25, 0.3) is 5.56 Å². The molecule has 30 heavy (non-hydrogen) atoms. The molecule has 0 saturated heterocycles. The van der Waals surface area contributed by atoms with Crippen molar-refractivity contribution in [3.05, 3.63) is 76.6 Å². The van der Waals surface area contributed by atoms with Crippen LogP contribution >= 0.6 is 11.6 Å². The van der Waals surface area contributed by atoms with Gasteiger partial charge in [-0.2, -0.15) is 0 Å². The lowest BCUT2D eigenvalue weighted by molar-refractivity contribution is 0.730. The zero-order chi connectivity index (χ0) is 20.7. The predicted molar refractivity (Wildman–Crippen MR) is 114 cm³/mol. The Bertz CT molecular complexity index is 1430. The van der Waals surface area contributed by atoms with E-state index in [4.69, 9.17) is 16.6 Å². The maximum Gasteiger partial charge on any atom is 0.267 e. The molecule has 2 N–H and O–H groups in total. The first kappa shape index (κ1) is 18.2. The second-order valence-electron chi connectivity index (χ2n) is 6.64. The van der Waals surface area contributed by atoms with Crippen LogP contribution in [-0.2, 0) is 0 Å². The normalized spacial score (nSPS) is 12.3. The molecule has 4 heterocycles. The van der Waals surface area contributed by atoms with Gasteiger partial charge >= 0.3 is 0 Å². The van der Waals surface area contributed by atoms with Crippen LogP contribution in [0.15, 0.2) is 60.2 Å². The minimum atomic E-state index is -0.393. The van der Waals surface area contributed by atoms with Crippen molar-refractivity contribution in [3.8, 4) is 5.69 Å². The van der Waals surface area contributed by atoms with Gasteiger partial charge in [0, 0.05) is 6.20 Å². The van der Waals surface area contributed by atoms with Gasteiger partial charge in [-0.15, -0.1) is 0 Å². The maximum absolute atomic E-state index is 13.4. The third-order valence-electron chi connectivity index (χ3n) is 4.73. The summed E-state index contributed by atoms with van der Waals surface area (Å²) in [7, 11) is 0. The minimum absolute atomic E-state index is 0.269. The van der Waals surface area contributed by atoms with Crippen LogP contribution in [0.3, 0.4) is 0 Å². The van der Waals surface area contributed by atoms with Crippen molar-refractivity contribution in [2.45, 2.75) is 13.0 Å². The number of rotatable bonds is 4. The number of imidazole rings is 1. The number of H-pyrrole nitrogens is 1. The third-order valence-corrected chi connectivity index (χ3v) is 5.05. The van der Waals surface area contributed by atoms with Gasteiger partial charge < -0.3 is 10.3 Å². The Morgan fingerprint density at radius 2 is 2.07 bits per heavy atom. The summed E-state index contributed by atoms with van der Waals surface area (Å²) in [6, 6.07) is 8.38. The smallest absolute Gasteiger partial charge is 0.267 e. The van der Waals surface area contributed by atoms with E-state index in [2.05, 4.69) is 30.2 Å². The summed E-state index contributed by atoms with van der Waals surface area (Å²) < 4.78 is 1.52. The van der Waals surface area contributed by atoms with E-state index in [0.717, 1.165) is 0 Å². The summed E-state index contributed by atoms with van der Waals surface area (Å²) in [5.41, 5.74) is 2.05. The highest BCUT2D eigenvalue weighted by atomic mass is 35.5. The summed E-state index contributed by atoms with van der Waals surface area (Å²) in [6.07, 6.45) is 6.25. The van der Waals surface area contributed by atoms with Crippen LogP contribution in [0.25, 0.3) is 27.8 Å². The molecule has 0 amide bonds. The summed E-state index contributed by atoms with van der Waals surface area (Å²) in [5.74, 6) is 1.02. The Morgan fingerprint density at radius 3 is 2.90 bits per heavy atom. The van der Waals surface area contributed by atoms with Crippen LogP contribution in [0.4, 0.5) is 5.82 Å². The number of hydrogen-bond donors (Lipinski definition) is 2. The molecule has 0 unspecified atom stereocenters. The first-order chi connectivity index (χ1) is 14.6. The van der Waals surface area contributed by atoms with Gasteiger partial charge in [0.2, 0.25) is 0 Å². The molecule has 9 nitrogen and oxygen atoms in total. The van der Waals surface area contributed by atoms with Gasteiger partial charge in [-0.25, -0.2) is 19.9 Å². The number of hydrogen-bond acceptors (Lipinski definition) is 7. The average Bonchev–Trinajstić information content (AvgIpc) is 3.24. The number of halogens is 1.